The minimum atomic E-state index is 0.0151. The van der Waals surface area contributed by atoms with Crippen molar-refractivity contribution in [3.05, 3.63) is 29.3 Å². The Kier molecular flexibility index (Phi) is 5.36. The highest BCUT2D eigenvalue weighted by atomic mass is 32.1. The van der Waals surface area contributed by atoms with E-state index in [4.69, 9.17) is 0 Å². The summed E-state index contributed by atoms with van der Waals surface area (Å²) >= 11 is 1.71. The van der Waals surface area contributed by atoms with E-state index in [9.17, 15) is 4.79 Å². The van der Waals surface area contributed by atoms with Crippen LogP contribution in [0.3, 0.4) is 0 Å². The van der Waals surface area contributed by atoms with Crippen LogP contribution in [0.15, 0.2) is 23.7 Å². The molecule has 2 aromatic rings. The zero-order valence-corrected chi connectivity index (χ0v) is 15.6. The van der Waals surface area contributed by atoms with Crippen LogP contribution in [0.1, 0.15) is 32.3 Å². The standard InChI is InChI=1S/C18H26N4OS/c1-4-21(5-2)18(23)15-8-6-10-22(15)13-14-12-20(3)19-17(14)16-9-7-11-24-16/h7,9,11-12,15H,4-6,8,10,13H2,1-3H3. The molecule has 3 rings (SSSR count). The Morgan fingerprint density at radius 1 is 1.42 bits per heavy atom. The fraction of sp³-hybridized carbons (Fsp3) is 0.556. The maximum absolute atomic E-state index is 12.8. The second-order valence-electron chi connectivity index (χ2n) is 6.29. The lowest BCUT2D eigenvalue weighted by atomic mass is 10.1. The number of hydrogen-bond acceptors (Lipinski definition) is 4. The molecule has 0 radical (unpaired) electrons. The zero-order chi connectivity index (χ0) is 17.1. The summed E-state index contributed by atoms with van der Waals surface area (Å²) in [7, 11) is 1.96. The number of thiophene rings is 1. The third-order valence-electron chi connectivity index (χ3n) is 4.76. The normalized spacial score (nSPS) is 18.2. The van der Waals surface area contributed by atoms with Gasteiger partial charge in [0.1, 0.15) is 5.69 Å². The fourth-order valence-electron chi connectivity index (χ4n) is 3.53. The van der Waals surface area contributed by atoms with Gasteiger partial charge in [-0.1, -0.05) is 6.07 Å². The lowest BCUT2D eigenvalue weighted by Crippen LogP contribution is -2.45. The van der Waals surface area contributed by atoms with E-state index in [1.54, 1.807) is 11.3 Å². The molecular formula is C18H26N4OS. The molecule has 130 valence electrons. The number of aryl methyl sites for hydroxylation is 1. The highest BCUT2D eigenvalue weighted by Crippen LogP contribution is 2.29. The molecule has 0 aliphatic carbocycles. The van der Waals surface area contributed by atoms with Crippen molar-refractivity contribution in [3.8, 4) is 10.6 Å². The van der Waals surface area contributed by atoms with Crippen molar-refractivity contribution >= 4 is 17.2 Å². The number of rotatable bonds is 6. The Balaban J connectivity index is 1.79. The SMILES string of the molecule is CCN(CC)C(=O)C1CCCN1Cc1cn(C)nc1-c1cccs1. The lowest BCUT2D eigenvalue weighted by molar-refractivity contribution is -0.135. The Hall–Kier alpha value is -1.66. The van der Waals surface area contributed by atoms with Gasteiger partial charge in [0.2, 0.25) is 5.91 Å². The first kappa shape index (κ1) is 17.2. The van der Waals surface area contributed by atoms with Crippen molar-refractivity contribution < 1.29 is 4.79 Å². The summed E-state index contributed by atoms with van der Waals surface area (Å²) in [4.78, 5) is 18.3. The maximum Gasteiger partial charge on any atom is 0.239 e. The third-order valence-corrected chi connectivity index (χ3v) is 5.63. The largest absolute Gasteiger partial charge is 0.342 e. The number of carbonyl (C=O) groups is 1. The van der Waals surface area contributed by atoms with E-state index in [2.05, 4.69) is 47.6 Å². The summed E-state index contributed by atoms with van der Waals surface area (Å²) in [6, 6.07) is 4.18. The van der Waals surface area contributed by atoms with E-state index >= 15 is 0 Å². The van der Waals surface area contributed by atoms with Gasteiger partial charge in [-0.25, -0.2) is 0 Å². The van der Waals surface area contributed by atoms with Crippen LogP contribution < -0.4 is 0 Å². The summed E-state index contributed by atoms with van der Waals surface area (Å²) in [6.45, 7) is 7.45. The Labute approximate surface area is 147 Å². The average molecular weight is 346 g/mol. The molecule has 3 heterocycles. The molecule has 1 aliphatic rings. The molecule has 0 N–H and O–H groups in total. The van der Waals surface area contributed by atoms with Gasteiger partial charge in [-0.2, -0.15) is 5.10 Å². The quantitative estimate of drug-likeness (QED) is 0.807. The highest BCUT2D eigenvalue weighted by molar-refractivity contribution is 7.13. The molecule has 0 aromatic carbocycles. The van der Waals surface area contributed by atoms with Gasteiger partial charge in [0.15, 0.2) is 0 Å². The van der Waals surface area contributed by atoms with Gasteiger partial charge in [0, 0.05) is 38.4 Å². The van der Waals surface area contributed by atoms with Crippen LogP contribution in [0.4, 0.5) is 0 Å². The first-order valence-corrected chi connectivity index (χ1v) is 9.61. The number of amides is 1. The van der Waals surface area contributed by atoms with Gasteiger partial charge in [-0.15, -0.1) is 11.3 Å². The molecule has 5 nitrogen and oxygen atoms in total. The third kappa shape index (κ3) is 3.39. The van der Waals surface area contributed by atoms with Gasteiger partial charge in [-0.3, -0.25) is 14.4 Å². The topological polar surface area (TPSA) is 41.4 Å². The summed E-state index contributed by atoms with van der Waals surface area (Å²) in [5.74, 6) is 0.277. The smallest absolute Gasteiger partial charge is 0.239 e. The second-order valence-corrected chi connectivity index (χ2v) is 7.24. The zero-order valence-electron chi connectivity index (χ0n) is 14.7. The Bertz CT molecular complexity index is 675. The van der Waals surface area contributed by atoms with Crippen molar-refractivity contribution in [2.75, 3.05) is 19.6 Å². The van der Waals surface area contributed by atoms with Crippen LogP contribution >= 0.6 is 11.3 Å². The molecule has 1 atom stereocenters. The molecule has 2 aromatic heterocycles. The van der Waals surface area contributed by atoms with Crippen molar-refractivity contribution in [1.29, 1.82) is 0 Å². The first-order chi connectivity index (χ1) is 11.6. The molecule has 0 bridgehead atoms. The van der Waals surface area contributed by atoms with Crippen LogP contribution in [0, 0.1) is 0 Å². The number of nitrogens with zero attached hydrogens (tertiary/aromatic N) is 4. The van der Waals surface area contributed by atoms with Crippen molar-refractivity contribution in [1.82, 2.24) is 19.6 Å². The molecule has 24 heavy (non-hydrogen) atoms. The van der Waals surface area contributed by atoms with Crippen molar-refractivity contribution in [3.63, 3.8) is 0 Å². The van der Waals surface area contributed by atoms with Crippen LogP contribution in [0.2, 0.25) is 0 Å². The van der Waals surface area contributed by atoms with E-state index in [1.807, 2.05) is 16.6 Å². The number of hydrogen-bond donors (Lipinski definition) is 0. The molecule has 1 fully saturated rings. The molecular weight excluding hydrogens is 320 g/mol. The summed E-state index contributed by atoms with van der Waals surface area (Å²) in [5, 5.41) is 6.72. The molecule has 6 heteroatoms. The van der Waals surface area contributed by atoms with Gasteiger partial charge in [0.05, 0.1) is 10.9 Å². The van der Waals surface area contributed by atoms with E-state index in [0.717, 1.165) is 44.7 Å². The monoisotopic (exact) mass is 346 g/mol. The van der Waals surface area contributed by atoms with Gasteiger partial charge >= 0.3 is 0 Å². The number of aromatic nitrogens is 2. The predicted octanol–water partition coefficient (Wildman–Crippen LogP) is 2.98. The Morgan fingerprint density at radius 3 is 2.88 bits per heavy atom. The number of carbonyl (C=O) groups excluding carboxylic acids is 1. The Morgan fingerprint density at radius 2 is 2.21 bits per heavy atom. The highest BCUT2D eigenvalue weighted by Gasteiger charge is 2.33. The van der Waals surface area contributed by atoms with Gasteiger partial charge in [0.25, 0.3) is 0 Å². The molecule has 0 spiro atoms. The van der Waals surface area contributed by atoms with Crippen molar-refractivity contribution in [2.24, 2.45) is 7.05 Å². The maximum atomic E-state index is 12.8. The van der Waals surface area contributed by atoms with Crippen molar-refractivity contribution in [2.45, 2.75) is 39.3 Å². The van der Waals surface area contributed by atoms with Crippen LogP contribution in [-0.2, 0) is 18.4 Å². The van der Waals surface area contributed by atoms with Crippen LogP contribution in [0.25, 0.3) is 10.6 Å². The minimum Gasteiger partial charge on any atom is -0.342 e. The first-order valence-electron chi connectivity index (χ1n) is 8.73. The molecule has 0 saturated carbocycles. The van der Waals surface area contributed by atoms with E-state index in [1.165, 1.54) is 10.4 Å². The summed E-state index contributed by atoms with van der Waals surface area (Å²) < 4.78 is 1.88. The van der Waals surface area contributed by atoms with E-state index in [-0.39, 0.29) is 11.9 Å². The second kappa shape index (κ2) is 7.49. The molecule has 1 aliphatic heterocycles. The van der Waals surface area contributed by atoms with Crippen LogP contribution in [-0.4, -0.2) is 51.2 Å². The van der Waals surface area contributed by atoms with Gasteiger partial charge in [-0.05, 0) is 44.7 Å². The number of likely N-dealkylation sites (tertiary alicyclic amines) is 1. The number of likely N-dealkylation sites (N-methyl/N-ethyl adjacent to an activating group) is 1. The predicted molar refractivity (Wildman–Crippen MR) is 97.9 cm³/mol. The molecule has 1 unspecified atom stereocenters. The average Bonchev–Trinajstić information content (AvgIpc) is 3.29. The fourth-order valence-corrected chi connectivity index (χ4v) is 4.28. The molecule has 1 amide bonds. The minimum absolute atomic E-state index is 0.0151. The van der Waals surface area contributed by atoms with E-state index in [0.29, 0.717) is 0 Å². The van der Waals surface area contributed by atoms with E-state index < -0.39 is 0 Å². The molecule has 1 saturated heterocycles. The summed E-state index contributed by atoms with van der Waals surface area (Å²) in [5.41, 5.74) is 2.26. The van der Waals surface area contributed by atoms with Gasteiger partial charge < -0.3 is 4.90 Å². The van der Waals surface area contributed by atoms with Crippen LogP contribution in [0.5, 0.6) is 0 Å². The lowest BCUT2D eigenvalue weighted by Gasteiger charge is -2.28. The summed E-state index contributed by atoms with van der Waals surface area (Å²) in [6.07, 6.45) is 4.14.